The van der Waals surface area contributed by atoms with E-state index in [0.717, 1.165) is 25.6 Å². The molecule has 17 heavy (non-hydrogen) atoms. The van der Waals surface area contributed by atoms with Crippen LogP contribution in [0.25, 0.3) is 0 Å². The molecule has 3 N–H and O–H groups in total. The van der Waals surface area contributed by atoms with Crippen LogP contribution in [-0.4, -0.2) is 42.3 Å². The molecule has 0 aliphatic heterocycles. The van der Waals surface area contributed by atoms with Gasteiger partial charge in [0.25, 0.3) is 0 Å². The first-order valence-electron chi connectivity index (χ1n) is 7.08. The van der Waals surface area contributed by atoms with Gasteiger partial charge in [-0.15, -0.1) is 0 Å². The first-order valence-corrected chi connectivity index (χ1v) is 7.08. The predicted molar refractivity (Wildman–Crippen MR) is 72.9 cm³/mol. The SMILES string of the molecule is CC1CCC(CN)(CN(CCO)C(C)C)CC1. The zero-order valence-corrected chi connectivity index (χ0v) is 11.8. The molecule has 102 valence electrons. The predicted octanol–water partition coefficient (Wildman–Crippen LogP) is 1.84. The second-order valence-electron chi connectivity index (χ2n) is 6.17. The minimum Gasteiger partial charge on any atom is -0.395 e. The Labute approximate surface area is 106 Å². The third-order valence-corrected chi connectivity index (χ3v) is 4.42. The van der Waals surface area contributed by atoms with Crippen LogP contribution < -0.4 is 5.73 Å². The monoisotopic (exact) mass is 242 g/mol. The van der Waals surface area contributed by atoms with Crippen molar-refractivity contribution in [2.24, 2.45) is 17.1 Å². The van der Waals surface area contributed by atoms with E-state index in [-0.39, 0.29) is 6.61 Å². The van der Waals surface area contributed by atoms with Crippen LogP contribution in [0.1, 0.15) is 46.5 Å². The number of nitrogens with zero attached hydrogens (tertiary/aromatic N) is 1. The maximum atomic E-state index is 9.14. The highest BCUT2D eigenvalue weighted by atomic mass is 16.3. The van der Waals surface area contributed by atoms with Gasteiger partial charge in [-0.1, -0.05) is 19.8 Å². The van der Waals surface area contributed by atoms with Crippen molar-refractivity contribution in [3.63, 3.8) is 0 Å². The highest BCUT2D eigenvalue weighted by molar-refractivity contribution is 4.89. The summed E-state index contributed by atoms with van der Waals surface area (Å²) in [6.07, 6.45) is 5.11. The topological polar surface area (TPSA) is 49.5 Å². The minimum atomic E-state index is 0.245. The van der Waals surface area contributed by atoms with Gasteiger partial charge in [0.2, 0.25) is 0 Å². The molecule has 0 saturated heterocycles. The molecule has 0 atom stereocenters. The number of hydrogen-bond donors (Lipinski definition) is 2. The normalized spacial score (nSPS) is 30.2. The molecule has 0 aromatic rings. The maximum absolute atomic E-state index is 9.14. The molecule has 1 saturated carbocycles. The van der Waals surface area contributed by atoms with Crippen molar-refractivity contribution in [2.75, 3.05) is 26.2 Å². The molecule has 0 spiro atoms. The van der Waals surface area contributed by atoms with E-state index in [9.17, 15) is 0 Å². The van der Waals surface area contributed by atoms with Crippen LogP contribution in [0.2, 0.25) is 0 Å². The van der Waals surface area contributed by atoms with E-state index in [2.05, 4.69) is 25.7 Å². The van der Waals surface area contributed by atoms with E-state index in [0.29, 0.717) is 11.5 Å². The van der Waals surface area contributed by atoms with Crippen LogP contribution in [0.4, 0.5) is 0 Å². The van der Waals surface area contributed by atoms with Crippen molar-refractivity contribution in [3.8, 4) is 0 Å². The molecular weight excluding hydrogens is 212 g/mol. The van der Waals surface area contributed by atoms with Gasteiger partial charge in [0.05, 0.1) is 6.61 Å². The van der Waals surface area contributed by atoms with Gasteiger partial charge in [-0.05, 0) is 44.6 Å². The van der Waals surface area contributed by atoms with Crippen LogP contribution in [0.15, 0.2) is 0 Å². The Morgan fingerprint density at radius 2 is 1.94 bits per heavy atom. The van der Waals surface area contributed by atoms with Gasteiger partial charge >= 0.3 is 0 Å². The zero-order valence-electron chi connectivity index (χ0n) is 11.8. The Balaban J connectivity index is 2.60. The standard InChI is InChI=1S/C14H30N2O/c1-12(2)16(8-9-17)11-14(10-15)6-4-13(3)5-7-14/h12-13,17H,4-11,15H2,1-3H3. The molecule has 0 amide bonds. The number of nitrogens with two attached hydrogens (primary N) is 1. The van der Waals surface area contributed by atoms with Crippen molar-refractivity contribution in [1.82, 2.24) is 4.90 Å². The lowest BCUT2D eigenvalue weighted by molar-refractivity contribution is 0.0658. The van der Waals surface area contributed by atoms with Crippen molar-refractivity contribution >= 4 is 0 Å². The molecule has 3 heteroatoms. The van der Waals surface area contributed by atoms with Gasteiger partial charge in [0.1, 0.15) is 0 Å². The van der Waals surface area contributed by atoms with Crippen LogP contribution in [0.3, 0.4) is 0 Å². The summed E-state index contributed by atoms with van der Waals surface area (Å²) in [6, 6.07) is 0.491. The summed E-state index contributed by atoms with van der Waals surface area (Å²) < 4.78 is 0. The number of hydrogen-bond acceptors (Lipinski definition) is 3. The Hall–Kier alpha value is -0.120. The van der Waals surface area contributed by atoms with E-state index in [1.807, 2.05) is 0 Å². The summed E-state index contributed by atoms with van der Waals surface area (Å²) >= 11 is 0. The molecule has 0 radical (unpaired) electrons. The summed E-state index contributed by atoms with van der Waals surface area (Å²) in [5.74, 6) is 0.861. The van der Waals surface area contributed by atoms with Crippen molar-refractivity contribution in [2.45, 2.75) is 52.5 Å². The molecule has 1 aliphatic rings. The Morgan fingerprint density at radius 1 is 1.35 bits per heavy atom. The van der Waals surface area contributed by atoms with Gasteiger partial charge in [0, 0.05) is 19.1 Å². The quantitative estimate of drug-likeness (QED) is 0.747. The molecule has 0 aromatic heterocycles. The van der Waals surface area contributed by atoms with Crippen LogP contribution in [-0.2, 0) is 0 Å². The summed E-state index contributed by atoms with van der Waals surface area (Å²) in [5.41, 5.74) is 6.34. The fourth-order valence-electron chi connectivity index (χ4n) is 2.88. The van der Waals surface area contributed by atoms with Crippen LogP contribution >= 0.6 is 0 Å². The second kappa shape index (κ2) is 6.72. The highest BCUT2D eigenvalue weighted by Crippen LogP contribution is 2.38. The molecule has 1 aliphatic carbocycles. The average molecular weight is 242 g/mol. The summed E-state index contributed by atoms with van der Waals surface area (Å²) in [5, 5.41) is 9.14. The van der Waals surface area contributed by atoms with E-state index in [1.165, 1.54) is 25.7 Å². The fraction of sp³-hybridized carbons (Fsp3) is 1.00. The Kier molecular flexibility index (Phi) is 5.90. The van der Waals surface area contributed by atoms with Crippen LogP contribution in [0, 0.1) is 11.3 Å². The van der Waals surface area contributed by atoms with Crippen molar-refractivity contribution < 1.29 is 5.11 Å². The van der Waals surface area contributed by atoms with E-state index in [1.54, 1.807) is 0 Å². The molecule has 0 heterocycles. The summed E-state index contributed by atoms with van der Waals surface area (Å²) in [6.45, 7) is 9.60. The van der Waals surface area contributed by atoms with E-state index >= 15 is 0 Å². The number of aliphatic hydroxyl groups is 1. The lowest BCUT2D eigenvalue weighted by atomic mass is 9.70. The van der Waals surface area contributed by atoms with Gasteiger partial charge in [0.15, 0.2) is 0 Å². The van der Waals surface area contributed by atoms with E-state index < -0.39 is 0 Å². The van der Waals surface area contributed by atoms with Gasteiger partial charge < -0.3 is 10.8 Å². The summed E-state index contributed by atoms with van der Waals surface area (Å²) in [4.78, 5) is 2.38. The first kappa shape index (κ1) is 14.9. The molecule has 0 bridgehead atoms. The Bertz CT molecular complexity index is 210. The van der Waals surface area contributed by atoms with Crippen LogP contribution in [0.5, 0.6) is 0 Å². The smallest absolute Gasteiger partial charge is 0.0558 e. The molecule has 0 unspecified atom stereocenters. The van der Waals surface area contributed by atoms with Gasteiger partial charge in [-0.25, -0.2) is 0 Å². The molecular formula is C14H30N2O. The average Bonchev–Trinajstić information content (AvgIpc) is 2.31. The van der Waals surface area contributed by atoms with Gasteiger partial charge in [-0.2, -0.15) is 0 Å². The molecule has 1 rings (SSSR count). The molecule has 0 aromatic carbocycles. The Morgan fingerprint density at radius 3 is 2.35 bits per heavy atom. The molecule has 1 fully saturated rings. The van der Waals surface area contributed by atoms with E-state index in [4.69, 9.17) is 10.8 Å². The highest BCUT2D eigenvalue weighted by Gasteiger charge is 2.34. The number of rotatable bonds is 6. The van der Waals surface area contributed by atoms with Gasteiger partial charge in [-0.3, -0.25) is 4.90 Å². The van der Waals surface area contributed by atoms with Crippen molar-refractivity contribution in [3.05, 3.63) is 0 Å². The zero-order chi connectivity index (χ0) is 12.9. The molecule has 3 nitrogen and oxygen atoms in total. The number of aliphatic hydroxyl groups excluding tert-OH is 1. The fourth-order valence-corrected chi connectivity index (χ4v) is 2.88. The third kappa shape index (κ3) is 4.23. The second-order valence-corrected chi connectivity index (χ2v) is 6.17. The lowest BCUT2D eigenvalue weighted by Gasteiger charge is -2.43. The third-order valence-electron chi connectivity index (χ3n) is 4.42. The van der Waals surface area contributed by atoms with Crippen molar-refractivity contribution in [1.29, 1.82) is 0 Å². The lowest BCUT2D eigenvalue weighted by Crippen LogP contribution is -2.47. The maximum Gasteiger partial charge on any atom is 0.0558 e. The largest absolute Gasteiger partial charge is 0.395 e. The minimum absolute atomic E-state index is 0.245. The first-order chi connectivity index (χ1) is 8.03. The summed E-state index contributed by atoms with van der Waals surface area (Å²) in [7, 11) is 0.